The molecule has 0 radical (unpaired) electrons. The van der Waals surface area contributed by atoms with Crippen LogP contribution in [-0.2, 0) is 42.1 Å². The van der Waals surface area contributed by atoms with Gasteiger partial charge in [0.15, 0.2) is 14.9 Å². The van der Waals surface area contributed by atoms with E-state index >= 15 is 0 Å². The second kappa shape index (κ2) is 7.10. The summed E-state index contributed by atoms with van der Waals surface area (Å²) in [6.07, 6.45) is 1.63. The van der Waals surface area contributed by atoms with Crippen LogP contribution in [0.4, 0.5) is 23.7 Å². The molecule has 2 amide bonds. The Bertz CT molecular complexity index is 1070. The predicted octanol–water partition coefficient (Wildman–Crippen LogP) is 2.75. The first-order chi connectivity index (χ1) is 13.6. The van der Waals surface area contributed by atoms with Crippen LogP contribution >= 0.6 is 0 Å². The molecule has 0 saturated heterocycles. The van der Waals surface area contributed by atoms with Crippen molar-refractivity contribution >= 4 is 21.6 Å². The van der Waals surface area contributed by atoms with Crippen LogP contribution in [-0.4, -0.2) is 31.2 Å². The molecular formula is C17H19F3N6O2S. The van der Waals surface area contributed by atoms with E-state index in [9.17, 15) is 22.2 Å². The van der Waals surface area contributed by atoms with Gasteiger partial charge in [-0.15, -0.1) is 4.36 Å². The lowest BCUT2D eigenvalue weighted by atomic mass is 10.1. The molecule has 2 aliphatic rings. The van der Waals surface area contributed by atoms with Gasteiger partial charge in [-0.25, -0.2) is 14.1 Å². The summed E-state index contributed by atoms with van der Waals surface area (Å²) in [5.41, 5.74) is 4.51. The third kappa shape index (κ3) is 4.13. The fourth-order valence-electron chi connectivity index (χ4n) is 3.81. The molecule has 0 unspecified atom stereocenters. The largest absolute Gasteiger partial charge is 0.408 e. The van der Waals surface area contributed by atoms with Crippen LogP contribution in [0.3, 0.4) is 0 Å². The molecular weight excluding hydrogens is 409 g/mol. The van der Waals surface area contributed by atoms with Crippen molar-refractivity contribution in [1.29, 1.82) is 0 Å². The van der Waals surface area contributed by atoms with Gasteiger partial charge < -0.3 is 5.32 Å². The van der Waals surface area contributed by atoms with Crippen molar-refractivity contribution in [3.8, 4) is 0 Å². The van der Waals surface area contributed by atoms with Gasteiger partial charge >= 0.3 is 12.2 Å². The molecule has 8 nitrogen and oxygen atoms in total. The smallest absolute Gasteiger partial charge is 0.305 e. The van der Waals surface area contributed by atoms with Crippen LogP contribution in [0.25, 0.3) is 0 Å². The van der Waals surface area contributed by atoms with Gasteiger partial charge in [-0.2, -0.15) is 18.3 Å². The lowest BCUT2D eigenvalue weighted by molar-refractivity contribution is -0.142. The van der Waals surface area contributed by atoms with Gasteiger partial charge in [-0.3, -0.25) is 9.67 Å². The van der Waals surface area contributed by atoms with E-state index in [1.54, 1.807) is 0 Å². The Hall–Kier alpha value is -2.47. The average molecular weight is 428 g/mol. The van der Waals surface area contributed by atoms with Crippen molar-refractivity contribution in [1.82, 2.24) is 14.8 Å². The molecule has 12 heteroatoms. The van der Waals surface area contributed by atoms with E-state index in [1.807, 2.05) is 0 Å². The van der Waals surface area contributed by atoms with Crippen molar-refractivity contribution in [2.45, 2.75) is 56.3 Å². The van der Waals surface area contributed by atoms with Gasteiger partial charge in [0.2, 0.25) is 0 Å². The number of hydrogen-bond acceptors (Lipinski definition) is 4. The quantitative estimate of drug-likeness (QED) is 0.782. The maximum absolute atomic E-state index is 12.6. The summed E-state index contributed by atoms with van der Waals surface area (Å²) in [6, 6.07) is 0.143. The molecule has 29 heavy (non-hydrogen) atoms. The molecule has 0 aromatic carbocycles. The number of fused-ring (bicyclic) bond motifs is 2. The highest BCUT2D eigenvalue weighted by atomic mass is 32.2. The van der Waals surface area contributed by atoms with Crippen molar-refractivity contribution < 1.29 is 22.2 Å². The summed E-state index contributed by atoms with van der Waals surface area (Å²) in [5, 5.41) is 11.5. The fraction of sp³-hybridized carbons (Fsp3) is 0.471. The van der Waals surface area contributed by atoms with Gasteiger partial charge in [0.05, 0.1) is 5.69 Å². The second-order valence-electron chi connectivity index (χ2n) is 7.10. The molecule has 2 aromatic rings. The Morgan fingerprint density at radius 2 is 1.83 bits per heavy atom. The van der Waals surface area contributed by atoms with E-state index in [1.165, 1.54) is 0 Å². The molecule has 156 valence electrons. The molecule has 0 aliphatic heterocycles. The number of carbonyl (C=O) groups excluding carboxylic acids is 1. The van der Waals surface area contributed by atoms with Gasteiger partial charge in [0.25, 0.3) is 0 Å². The number of nitrogens with one attached hydrogen (secondary N) is 1. The van der Waals surface area contributed by atoms with E-state index in [0.717, 1.165) is 73.3 Å². The van der Waals surface area contributed by atoms with Crippen molar-refractivity contribution in [2.75, 3.05) is 5.32 Å². The number of rotatable bonds is 3. The SMILES string of the molecule is N[S@@](=O)(=NC(=O)Nc1c2c(nc3c1CCC3)CCC2)c1ccn(CC(F)(F)F)n1. The summed E-state index contributed by atoms with van der Waals surface area (Å²) >= 11 is 0. The summed E-state index contributed by atoms with van der Waals surface area (Å²) in [6.45, 7) is -1.36. The number of carbonyl (C=O) groups is 1. The molecule has 0 fully saturated rings. The van der Waals surface area contributed by atoms with E-state index in [2.05, 4.69) is 19.8 Å². The maximum atomic E-state index is 12.6. The minimum Gasteiger partial charge on any atom is -0.305 e. The molecule has 4 rings (SSSR count). The molecule has 0 spiro atoms. The van der Waals surface area contributed by atoms with Gasteiger partial charge in [-0.05, 0) is 55.7 Å². The number of nitrogens with two attached hydrogens (primary N) is 1. The third-order valence-electron chi connectivity index (χ3n) is 4.96. The zero-order valence-corrected chi connectivity index (χ0v) is 16.1. The number of aryl methyl sites for hydroxylation is 2. The van der Waals surface area contributed by atoms with E-state index in [-0.39, 0.29) is 5.03 Å². The number of halogens is 3. The summed E-state index contributed by atoms with van der Waals surface area (Å²) in [5.74, 6) is 0. The number of pyridine rings is 1. The van der Waals surface area contributed by atoms with Crippen LogP contribution in [0.1, 0.15) is 35.4 Å². The number of amides is 2. The Balaban J connectivity index is 1.60. The first-order valence-corrected chi connectivity index (χ1v) is 10.7. The van der Waals surface area contributed by atoms with Gasteiger partial charge in [-0.1, -0.05) is 0 Å². The molecule has 2 heterocycles. The number of anilines is 1. The molecule has 1 atom stereocenters. The Labute approximate surface area is 165 Å². The predicted molar refractivity (Wildman–Crippen MR) is 98.6 cm³/mol. The molecule has 0 bridgehead atoms. The first-order valence-electron chi connectivity index (χ1n) is 9.12. The topological polar surface area (TPSA) is 115 Å². The zero-order valence-electron chi connectivity index (χ0n) is 15.3. The fourth-order valence-corrected chi connectivity index (χ4v) is 4.67. The highest BCUT2D eigenvalue weighted by molar-refractivity contribution is 7.91. The summed E-state index contributed by atoms with van der Waals surface area (Å²) in [7, 11) is -3.79. The number of urea groups is 1. The van der Waals surface area contributed by atoms with Crippen LogP contribution in [0, 0.1) is 0 Å². The molecule has 2 aliphatic carbocycles. The zero-order chi connectivity index (χ0) is 20.8. The summed E-state index contributed by atoms with van der Waals surface area (Å²) in [4.78, 5) is 17.2. The average Bonchev–Trinajstić information content (AvgIpc) is 3.31. The summed E-state index contributed by atoms with van der Waals surface area (Å²) < 4.78 is 54.1. The van der Waals surface area contributed by atoms with Crippen LogP contribution in [0.5, 0.6) is 0 Å². The van der Waals surface area contributed by atoms with Crippen molar-refractivity contribution in [3.63, 3.8) is 0 Å². The number of nitrogens with zero attached hydrogens (tertiary/aromatic N) is 4. The number of hydrogen-bond donors (Lipinski definition) is 2. The minimum atomic E-state index is -4.49. The van der Waals surface area contributed by atoms with Gasteiger partial charge in [0, 0.05) is 17.6 Å². The Morgan fingerprint density at radius 1 is 1.21 bits per heavy atom. The molecule has 0 saturated carbocycles. The monoisotopic (exact) mass is 428 g/mol. The minimum absolute atomic E-state index is 0.387. The second-order valence-corrected chi connectivity index (χ2v) is 8.84. The highest BCUT2D eigenvalue weighted by Gasteiger charge is 2.29. The van der Waals surface area contributed by atoms with Gasteiger partial charge in [0.1, 0.15) is 6.54 Å². The van der Waals surface area contributed by atoms with Crippen molar-refractivity contribution in [2.24, 2.45) is 9.50 Å². The lowest BCUT2D eigenvalue weighted by Gasteiger charge is -2.14. The van der Waals surface area contributed by atoms with Crippen LogP contribution in [0.15, 0.2) is 21.7 Å². The van der Waals surface area contributed by atoms with Crippen LogP contribution < -0.4 is 10.5 Å². The van der Waals surface area contributed by atoms with E-state index in [4.69, 9.17) is 5.14 Å². The number of aromatic nitrogens is 3. The first kappa shape index (κ1) is 19.8. The maximum Gasteiger partial charge on any atom is 0.408 e. The van der Waals surface area contributed by atoms with E-state index < -0.39 is 28.7 Å². The lowest BCUT2D eigenvalue weighted by Crippen LogP contribution is -2.21. The molecule has 3 N–H and O–H groups in total. The van der Waals surface area contributed by atoms with E-state index in [0.29, 0.717) is 10.4 Å². The standard InChI is InChI=1S/C17H19F3N6O2S/c18-17(19,20)9-26-8-7-14(24-26)29(21,28)25-16(27)23-15-10-3-1-5-12(10)22-13-6-2-4-11(13)15/h7-8H,1-6,9H2,(H3,21,22,23,25,27,28)/t29-/m1/s1. The third-order valence-corrected chi connectivity index (χ3v) is 6.21. The Kier molecular flexibility index (Phi) is 4.85. The normalized spacial score (nSPS) is 17.5. The van der Waals surface area contributed by atoms with Crippen molar-refractivity contribution in [3.05, 3.63) is 34.8 Å². The van der Waals surface area contributed by atoms with Crippen LogP contribution in [0.2, 0.25) is 0 Å². The Morgan fingerprint density at radius 3 is 2.41 bits per heavy atom. The highest BCUT2D eigenvalue weighted by Crippen LogP contribution is 2.36. The number of alkyl halides is 3. The molecule has 2 aromatic heterocycles.